The number of carboxylic acid groups (broad SMARTS) is 2. The van der Waals surface area contributed by atoms with Gasteiger partial charge in [-0.1, -0.05) is 6.42 Å². The first kappa shape index (κ1) is 28.5. The van der Waals surface area contributed by atoms with E-state index in [0.29, 0.717) is 31.5 Å². The molecular formula is C20H33N7O7. The van der Waals surface area contributed by atoms with Crippen LogP contribution >= 0.6 is 0 Å². The Hall–Kier alpha value is -3.52. The van der Waals surface area contributed by atoms with E-state index in [2.05, 4.69) is 25.9 Å². The third-order valence-electron chi connectivity index (χ3n) is 4.93. The first-order valence-electron chi connectivity index (χ1n) is 10.8. The molecule has 4 atom stereocenters. The number of aromatic amines is 1. The molecule has 4 unspecified atom stereocenters. The lowest BCUT2D eigenvalue weighted by Crippen LogP contribution is -2.57. The van der Waals surface area contributed by atoms with Crippen LogP contribution in [-0.4, -0.2) is 80.6 Å². The summed E-state index contributed by atoms with van der Waals surface area (Å²) in [5.41, 5.74) is 11.8. The van der Waals surface area contributed by atoms with Crippen LogP contribution < -0.4 is 27.4 Å². The average molecular weight is 484 g/mol. The van der Waals surface area contributed by atoms with Gasteiger partial charge in [-0.05, 0) is 32.7 Å². The van der Waals surface area contributed by atoms with Gasteiger partial charge >= 0.3 is 11.9 Å². The van der Waals surface area contributed by atoms with Crippen LogP contribution in [0.25, 0.3) is 0 Å². The molecule has 0 aliphatic rings. The molecule has 0 fully saturated rings. The van der Waals surface area contributed by atoms with Crippen LogP contribution in [-0.2, 0) is 30.4 Å². The predicted molar refractivity (Wildman–Crippen MR) is 119 cm³/mol. The molecule has 14 nitrogen and oxygen atoms in total. The molecule has 14 heteroatoms. The molecule has 1 aromatic rings. The summed E-state index contributed by atoms with van der Waals surface area (Å²) in [5.74, 6) is -4.68. The fraction of sp³-hybridized carbons (Fsp3) is 0.600. The molecule has 34 heavy (non-hydrogen) atoms. The van der Waals surface area contributed by atoms with Crippen LogP contribution in [0.1, 0.15) is 44.7 Å². The number of carbonyl (C=O) groups excluding carboxylic acids is 3. The summed E-state index contributed by atoms with van der Waals surface area (Å²) in [4.78, 5) is 66.8. The second-order valence-electron chi connectivity index (χ2n) is 7.80. The number of nitrogens with two attached hydrogens (primary N) is 2. The quantitative estimate of drug-likeness (QED) is 0.118. The molecule has 10 N–H and O–H groups in total. The Bertz CT molecular complexity index is 831. The van der Waals surface area contributed by atoms with E-state index in [-0.39, 0.29) is 12.8 Å². The van der Waals surface area contributed by atoms with E-state index in [1.807, 2.05) is 0 Å². The van der Waals surface area contributed by atoms with Crippen molar-refractivity contribution in [2.75, 3.05) is 6.54 Å². The number of hydrogen-bond acceptors (Lipinski definition) is 8. The minimum atomic E-state index is -1.28. The van der Waals surface area contributed by atoms with E-state index in [1.54, 1.807) is 0 Å². The highest BCUT2D eigenvalue weighted by Crippen LogP contribution is 2.05. The maximum atomic E-state index is 12.9. The predicted octanol–water partition coefficient (Wildman–Crippen LogP) is -2.17. The van der Waals surface area contributed by atoms with E-state index in [9.17, 15) is 24.0 Å². The van der Waals surface area contributed by atoms with Crippen molar-refractivity contribution < 1.29 is 34.2 Å². The molecule has 0 saturated heterocycles. The van der Waals surface area contributed by atoms with Crippen LogP contribution in [0.15, 0.2) is 12.5 Å². The minimum absolute atomic E-state index is 0.0535. The van der Waals surface area contributed by atoms with Gasteiger partial charge in [-0.25, -0.2) is 4.98 Å². The highest BCUT2D eigenvalue weighted by Gasteiger charge is 2.30. The zero-order valence-corrected chi connectivity index (χ0v) is 19.0. The molecule has 3 amide bonds. The van der Waals surface area contributed by atoms with Crippen LogP contribution in [0.2, 0.25) is 0 Å². The smallest absolute Gasteiger partial charge is 0.325 e. The lowest BCUT2D eigenvalue weighted by Gasteiger charge is -2.24. The summed E-state index contributed by atoms with van der Waals surface area (Å²) >= 11 is 0. The van der Waals surface area contributed by atoms with Gasteiger partial charge in [0.1, 0.15) is 18.1 Å². The van der Waals surface area contributed by atoms with Gasteiger partial charge in [0.2, 0.25) is 17.7 Å². The van der Waals surface area contributed by atoms with Crippen molar-refractivity contribution in [1.29, 1.82) is 0 Å². The molecule has 0 aliphatic heterocycles. The number of carbonyl (C=O) groups is 5. The Kier molecular flexibility index (Phi) is 12.2. The Morgan fingerprint density at radius 1 is 1.00 bits per heavy atom. The molecule has 0 saturated carbocycles. The van der Waals surface area contributed by atoms with Crippen molar-refractivity contribution in [2.24, 2.45) is 11.5 Å². The van der Waals surface area contributed by atoms with E-state index in [4.69, 9.17) is 21.7 Å². The Morgan fingerprint density at radius 2 is 1.65 bits per heavy atom. The summed E-state index contributed by atoms with van der Waals surface area (Å²) in [5, 5.41) is 25.2. The minimum Gasteiger partial charge on any atom is -0.481 e. The van der Waals surface area contributed by atoms with Crippen molar-refractivity contribution in [2.45, 2.75) is 69.6 Å². The van der Waals surface area contributed by atoms with Gasteiger partial charge in [-0.2, -0.15) is 0 Å². The number of H-pyrrole nitrogens is 1. The summed E-state index contributed by atoms with van der Waals surface area (Å²) in [6, 6.07) is -4.65. The second kappa shape index (κ2) is 14.6. The Balaban J connectivity index is 2.96. The third-order valence-corrected chi connectivity index (χ3v) is 4.93. The first-order valence-corrected chi connectivity index (χ1v) is 10.8. The average Bonchev–Trinajstić information content (AvgIpc) is 3.28. The number of aliphatic carboxylic acids is 2. The third kappa shape index (κ3) is 10.4. The molecule has 0 spiro atoms. The van der Waals surface area contributed by atoms with Crippen LogP contribution in [0.5, 0.6) is 0 Å². The van der Waals surface area contributed by atoms with E-state index in [0.717, 1.165) is 0 Å². The second-order valence-corrected chi connectivity index (χ2v) is 7.80. The van der Waals surface area contributed by atoms with Crippen molar-refractivity contribution >= 4 is 29.7 Å². The van der Waals surface area contributed by atoms with Crippen molar-refractivity contribution in [3.05, 3.63) is 18.2 Å². The molecule has 0 aliphatic carbocycles. The Morgan fingerprint density at radius 3 is 2.21 bits per heavy atom. The number of nitrogens with zero attached hydrogens (tertiary/aromatic N) is 1. The van der Waals surface area contributed by atoms with Gasteiger partial charge in [-0.3, -0.25) is 24.0 Å². The number of nitrogens with one attached hydrogen (secondary N) is 4. The van der Waals surface area contributed by atoms with Crippen molar-refractivity contribution in [3.8, 4) is 0 Å². The maximum Gasteiger partial charge on any atom is 0.325 e. The molecule has 190 valence electrons. The van der Waals surface area contributed by atoms with Gasteiger partial charge < -0.3 is 42.6 Å². The molecule has 1 rings (SSSR count). The standard InChI is InChI=1S/C20H33N7O7/c1-11(20(33)34)25-19(32)15(8-12-9-23-10-24-12)27-18(31)14(5-6-16(28)29)26-17(30)13(22)4-2-3-7-21/h9-11,13-15H,2-8,21-22H2,1H3,(H,23,24)(H,25,32)(H,26,30)(H,27,31)(H,28,29)(H,33,34). The maximum absolute atomic E-state index is 12.9. The molecular weight excluding hydrogens is 450 g/mol. The number of rotatable bonds is 16. The monoisotopic (exact) mass is 483 g/mol. The number of hydrogen-bond donors (Lipinski definition) is 8. The van der Waals surface area contributed by atoms with Gasteiger partial charge in [0.25, 0.3) is 0 Å². The number of unbranched alkanes of at least 4 members (excludes halogenated alkanes) is 1. The number of amides is 3. The van der Waals surface area contributed by atoms with E-state index >= 15 is 0 Å². The first-order chi connectivity index (χ1) is 16.0. The van der Waals surface area contributed by atoms with Gasteiger partial charge in [0, 0.05) is 24.7 Å². The van der Waals surface area contributed by atoms with E-state index in [1.165, 1.54) is 19.4 Å². The van der Waals surface area contributed by atoms with E-state index < -0.39 is 60.2 Å². The lowest BCUT2D eigenvalue weighted by molar-refractivity contribution is -0.141. The fourth-order valence-corrected chi connectivity index (χ4v) is 2.93. The molecule has 1 aromatic heterocycles. The molecule has 0 aromatic carbocycles. The Labute approximate surface area is 196 Å². The van der Waals surface area contributed by atoms with Crippen LogP contribution in [0.4, 0.5) is 0 Å². The highest BCUT2D eigenvalue weighted by atomic mass is 16.4. The lowest BCUT2D eigenvalue weighted by atomic mass is 10.1. The van der Waals surface area contributed by atoms with Gasteiger partial charge in [0.05, 0.1) is 12.4 Å². The number of carboxylic acids is 2. The summed E-state index contributed by atoms with van der Waals surface area (Å²) < 4.78 is 0. The molecule has 1 heterocycles. The number of imidazole rings is 1. The number of aromatic nitrogens is 2. The normalized spacial score (nSPS) is 14.3. The largest absolute Gasteiger partial charge is 0.481 e. The van der Waals surface area contributed by atoms with Crippen molar-refractivity contribution in [1.82, 2.24) is 25.9 Å². The zero-order chi connectivity index (χ0) is 25.7. The fourth-order valence-electron chi connectivity index (χ4n) is 2.93. The topological polar surface area (TPSA) is 243 Å². The van der Waals surface area contributed by atoms with Crippen LogP contribution in [0, 0.1) is 0 Å². The van der Waals surface area contributed by atoms with Gasteiger partial charge in [0.15, 0.2) is 0 Å². The van der Waals surface area contributed by atoms with Gasteiger partial charge in [-0.15, -0.1) is 0 Å². The highest BCUT2D eigenvalue weighted by molar-refractivity contribution is 5.94. The van der Waals surface area contributed by atoms with Crippen LogP contribution in [0.3, 0.4) is 0 Å². The molecule has 0 radical (unpaired) electrons. The zero-order valence-electron chi connectivity index (χ0n) is 19.0. The molecule has 0 bridgehead atoms. The summed E-state index contributed by atoms with van der Waals surface area (Å²) in [6.07, 6.45) is 3.68. The summed E-state index contributed by atoms with van der Waals surface area (Å²) in [6.45, 7) is 1.70. The summed E-state index contributed by atoms with van der Waals surface area (Å²) in [7, 11) is 0. The SMILES string of the molecule is CC(NC(=O)C(Cc1cnc[nH]1)NC(=O)C(CCC(=O)O)NC(=O)C(N)CCCCN)C(=O)O. The van der Waals surface area contributed by atoms with Crippen molar-refractivity contribution in [3.63, 3.8) is 0 Å².